The number of hydrogen-bond acceptors (Lipinski definition) is 16. The summed E-state index contributed by atoms with van der Waals surface area (Å²) in [5.41, 5.74) is 11.4. The number of esters is 2. The lowest BCUT2D eigenvalue weighted by molar-refractivity contribution is -0.149. The van der Waals surface area contributed by atoms with Crippen molar-refractivity contribution in [1.29, 1.82) is 0 Å². The van der Waals surface area contributed by atoms with E-state index in [9.17, 15) is 18.9 Å². The summed E-state index contributed by atoms with van der Waals surface area (Å²) in [6.45, 7) is 9.39. The SMILES string of the molecule is CC(C)OC(=O)CCc1ccccc1OP(=O)(NC(C)C(=O)OC(C)C)OCC1OC(n2cnc3c(N)nc(N)nc32)C2(C)OC(=O)OC12. The molecular formula is C30H40N7O11P. The molecule has 2 saturated heterocycles. The van der Waals surface area contributed by atoms with Crippen molar-refractivity contribution in [3.63, 3.8) is 0 Å². The maximum absolute atomic E-state index is 14.5. The molecule has 5 rings (SSSR count). The Morgan fingerprint density at radius 2 is 1.82 bits per heavy atom. The third-order valence-corrected chi connectivity index (χ3v) is 9.19. The minimum atomic E-state index is -4.45. The molecule has 1 aromatic carbocycles. The summed E-state index contributed by atoms with van der Waals surface area (Å²) in [4.78, 5) is 49.8. The van der Waals surface area contributed by atoms with Crippen LogP contribution >= 0.6 is 7.75 Å². The van der Waals surface area contributed by atoms with Crippen molar-refractivity contribution in [2.24, 2.45) is 0 Å². The Hall–Kier alpha value is -4.51. The molecule has 5 N–H and O–H groups in total. The van der Waals surface area contributed by atoms with Gasteiger partial charge in [0.1, 0.15) is 23.4 Å². The number of nitrogen functional groups attached to an aromatic ring is 2. The van der Waals surface area contributed by atoms with Gasteiger partial charge in [0.05, 0.1) is 25.1 Å². The highest BCUT2D eigenvalue weighted by Gasteiger charge is 2.64. The smallest absolute Gasteiger partial charge is 0.463 e. The van der Waals surface area contributed by atoms with E-state index < -0.39 is 68.6 Å². The first-order valence-electron chi connectivity index (χ1n) is 15.6. The van der Waals surface area contributed by atoms with E-state index in [0.717, 1.165) is 0 Å². The van der Waals surface area contributed by atoms with E-state index in [-0.39, 0.29) is 47.6 Å². The van der Waals surface area contributed by atoms with Crippen molar-refractivity contribution in [3.05, 3.63) is 36.2 Å². The summed E-state index contributed by atoms with van der Waals surface area (Å²) < 4.78 is 55.7. The number of carbonyl (C=O) groups excluding carboxylic acids is 3. The van der Waals surface area contributed by atoms with Crippen molar-refractivity contribution in [2.45, 2.75) is 96.7 Å². The van der Waals surface area contributed by atoms with Gasteiger partial charge in [-0.05, 0) is 59.6 Å². The molecule has 2 aliphatic rings. The molecule has 2 aromatic heterocycles. The third-order valence-electron chi connectivity index (χ3n) is 7.56. The average Bonchev–Trinajstić information content (AvgIpc) is 3.63. The van der Waals surface area contributed by atoms with E-state index in [2.05, 4.69) is 20.0 Å². The van der Waals surface area contributed by atoms with Gasteiger partial charge < -0.3 is 39.7 Å². The Morgan fingerprint density at radius 1 is 1.10 bits per heavy atom. The van der Waals surface area contributed by atoms with Crippen LogP contribution in [0.15, 0.2) is 30.6 Å². The minimum Gasteiger partial charge on any atom is -0.463 e. The number of benzene rings is 1. The molecule has 0 bridgehead atoms. The molecule has 0 amide bonds. The van der Waals surface area contributed by atoms with Gasteiger partial charge in [-0.1, -0.05) is 18.2 Å². The van der Waals surface area contributed by atoms with Crippen LogP contribution in [0, 0.1) is 0 Å². The van der Waals surface area contributed by atoms with Crippen LogP contribution in [0.4, 0.5) is 16.6 Å². The van der Waals surface area contributed by atoms with Crippen LogP contribution in [0.3, 0.4) is 0 Å². The van der Waals surface area contributed by atoms with Crippen LogP contribution in [0.2, 0.25) is 0 Å². The van der Waals surface area contributed by atoms with E-state index in [1.807, 2.05) is 0 Å². The number of anilines is 2. The summed E-state index contributed by atoms with van der Waals surface area (Å²) in [6, 6.07) is 5.47. The number of aromatic nitrogens is 4. The fourth-order valence-corrected chi connectivity index (χ4v) is 7.00. The summed E-state index contributed by atoms with van der Waals surface area (Å²) in [6.07, 6.45) is -3.30. The average molecular weight is 706 g/mol. The molecule has 0 spiro atoms. The highest BCUT2D eigenvalue weighted by atomic mass is 31.2. The van der Waals surface area contributed by atoms with Gasteiger partial charge in [-0.15, -0.1) is 0 Å². The molecule has 6 atom stereocenters. The summed E-state index contributed by atoms with van der Waals surface area (Å²) in [5, 5.41) is 2.63. The van der Waals surface area contributed by atoms with E-state index in [1.54, 1.807) is 58.9 Å². The monoisotopic (exact) mass is 705 g/mol. The Kier molecular flexibility index (Phi) is 10.3. The zero-order valence-electron chi connectivity index (χ0n) is 27.9. The lowest BCUT2D eigenvalue weighted by Gasteiger charge is -2.26. The van der Waals surface area contributed by atoms with Crippen LogP contribution in [0.1, 0.15) is 59.8 Å². The van der Waals surface area contributed by atoms with Crippen LogP contribution in [0.25, 0.3) is 11.2 Å². The number of fused-ring (bicyclic) bond motifs is 2. The number of carbonyl (C=O) groups is 3. The minimum absolute atomic E-state index is 0.0301. The van der Waals surface area contributed by atoms with Crippen molar-refractivity contribution >= 4 is 48.8 Å². The molecular weight excluding hydrogens is 665 g/mol. The molecule has 2 aliphatic heterocycles. The van der Waals surface area contributed by atoms with Crippen LogP contribution < -0.4 is 21.1 Å². The predicted molar refractivity (Wildman–Crippen MR) is 172 cm³/mol. The van der Waals surface area contributed by atoms with Gasteiger partial charge in [0.25, 0.3) is 0 Å². The number of nitrogens with two attached hydrogens (primary N) is 2. The fourth-order valence-electron chi connectivity index (χ4n) is 5.46. The lowest BCUT2D eigenvalue weighted by Crippen LogP contribution is -2.42. The number of para-hydroxylation sites is 1. The molecule has 2 fully saturated rings. The molecule has 18 nitrogen and oxygen atoms in total. The standard InChI is InChI=1S/C30H40N7O11P/c1-15(2)43-21(38)12-11-18-9-7-8-10-19(18)48-49(41,36-17(5)26(39)44-16(3)4)42-13-20-23-30(6,47-29(40)46-23)27(45-20)37-14-33-22-24(31)34-28(32)35-25(22)37/h7-10,14-17,20,23,27H,11-13H2,1-6H3,(H,36,41)(H4,31,32,34,35). The van der Waals surface area contributed by atoms with Gasteiger partial charge in [-0.3, -0.25) is 18.7 Å². The van der Waals surface area contributed by atoms with Gasteiger partial charge in [-0.2, -0.15) is 15.1 Å². The second-order valence-electron chi connectivity index (χ2n) is 12.3. The van der Waals surface area contributed by atoms with E-state index in [4.69, 9.17) is 44.2 Å². The largest absolute Gasteiger partial charge is 0.509 e. The van der Waals surface area contributed by atoms with E-state index in [1.165, 1.54) is 17.8 Å². The number of imidazole rings is 1. The fraction of sp³-hybridized carbons (Fsp3) is 0.533. The van der Waals surface area contributed by atoms with Crippen molar-refractivity contribution in [2.75, 3.05) is 18.1 Å². The zero-order chi connectivity index (χ0) is 35.7. The second-order valence-corrected chi connectivity index (χ2v) is 14.0. The Labute approximate surface area is 281 Å². The molecule has 0 saturated carbocycles. The first-order valence-corrected chi connectivity index (χ1v) is 17.1. The highest BCUT2D eigenvalue weighted by molar-refractivity contribution is 7.52. The maximum atomic E-state index is 14.5. The number of hydrogen-bond donors (Lipinski definition) is 3. The molecule has 4 heterocycles. The van der Waals surface area contributed by atoms with E-state index >= 15 is 0 Å². The van der Waals surface area contributed by atoms with E-state index in [0.29, 0.717) is 5.56 Å². The number of nitrogens with one attached hydrogen (secondary N) is 1. The molecule has 266 valence electrons. The van der Waals surface area contributed by atoms with Crippen molar-refractivity contribution in [3.8, 4) is 5.75 Å². The molecule has 3 aromatic rings. The normalized spacial score (nSPS) is 23.5. The van der Waals surface area contributed by atoms with Crippen molar-refractivity contribution in [1.82, 2.24) is 24.6 Å². The number of rotatable bonds is 14. The first-order chi connectivity index (χ1) is 23.1. The third kappa shape index (κ3) is 7.88. The van der Waals surface area contributed by atoms with Crippen LogP contribution in [-0.4, -0.2) is 80.3 Å². The first kappa shape index (κ1) is 35.8. The number of nitrogens with zero attached hydrogens (tertiary/aromatic N) is 4. The van der Waals surface area contributed by atoms with Gasteiger partial charge >= 0.3 is 25.8 Å². The van der Waals surface area contributed by atoms with Crippen LogP contribution in [-0.2, 0) is 48.8 Å². The van der Waals surface area contributed by atoms with Crippen molar-refractivity contribution < 1.29 is 51.7 Å². The summed E-state index contributed by atoms with van der Waals surface area (Å²) >= 11 is 0. The van der Waals surface area contributed by atoms with Gasteiger partial charge in [0.15, 0.2) is 29.4 Å². The quantitative estimate of drug-likeness (QED) is 0.124. The molecule has 0 aliphatic carbocycles. The molecule has 0 radical (unpaired) electrons. The second kappa shape index (κ2) is 14.2. The topological polar surface area (TPSA) is 241 Å². The van der Waals surface area contributed by atoms with Crippen LogP contribution in [0.5, 0.6) is 5.75 Å². The molecule has 19 heteroatoms. The summed E-state index contributed by atoms with van der Waals surface area (Å²) in [7, 11) is -4.45. The molecule has 49 heavy (non-hydrogen) atoms. The number of aryl methyl sites for hydroxylation is 1. The zero-order valence-corrected chi connectivity index (χ0v) is 28.7. The highest BCUT2D eigenvalue weighted by Crippen LogP contribution is 2.51. The van der Waals surface area contributed by atoms with Gasteiger partial charge in [-0.25, -0.2) is 14.3 Å². The predicted octanol–water partition coefficient (Wildman–Crippen LogP) is 3.20. The molecule has 6 unspecified atom stereocenters. The maximum Gasteiger partial charge on any atom is 0.509 e. The summed E-state index contributed by atoms with van der Waals surface area (Å²) in [5.74, 6) is -1.07. The number of ether oxygens (including phenoxy) is 5. The lowest BCUT2D eigenvalue weighted by atomic mass is 9.96. The van der Waals surface area contributed by atoms with Gasteiger partial charge in [0.2, 0.25) is 5.95 Å². The Balaban J connectivity index is 1.41. The Bertz CT molecular complexity index is 1770. The Morgan fingerprint density at radius 3 is 2.53 bits per heavy atom. The van der Waals surface area contributed by atoms with Gasteiger partial charge in [0, 0.05) is 6.42 Å².